The molecule has 0 spiro atoms. The van der Waals surface area contributed by atoms with Gasteiger partial charge in [0.25, 0.3) is 0 Å². The minimum atomic E-state index is -0.386. The van der Waals surface area contributed by atoms with Crippen LogP contribution in [0.2, 0.25) is 0 Å². The molecular weight excluding hydrogens is 350 g/mol. The van der Waals surface area contributed by atoms with Crippen molar-refractivity contribution >= 4 is 45.9 Å². The molecule has 3 rings (SSSR count). The van der Waals surface area contributed by atoms with E-state index in [2.05, 4.69) is 20.7 Å². The lowest BCUT2D eigenvalue weighted by molar-refractivity contribution is -0.117. The van der Waals surface area contributed by atoms with Crippen LogP contribution in [0, 0.1) is 6.92 Å². The predicted molar refractivity (Wildman–Crippen MR) is 91.3 cm³/mol. The second-order valence-electron chi connectivity index (χ2n) is 5.55. The number of nitrogens with zero attached hydrogens (tertiary/aromatic N) is 4. The van der Waals surface area contributed by atoms with Crippen molar-refractivity contribution in [2.24, 2.45) is 0 Å². The van der Waals surface area contributed by atoms with Crippen LogP contribution in [-0.4, -0.2) is 38.5 Å². The zero-order valence-electron chi connectivity index (χ0n) is 13.5. The van der Waals surface area contributed by atoms with Crippen molar-refractivity contribution < 1.29 is 14.1 Å². The first-order chi connectivity index (χ1) is 11.4. The van der Waals surface area contributed by atoms with Gasteiger partial charge in [-0.15, -0.1) is 10.2 Å². The summed E-state index contributed by atoms with van der Waals surface area (Å²) in [6.07, 6.45) is 1.99. The fraction of sp³-hybridized carbons (Fsp3) is 0.500. The number of thioether (sulfide) groups is 1. The van der Waals surface area contributed by atoms with Crippen LogP contribution in [0.1, 0.15) is 32.4 Å². The molecule has 0 aliphatic heterocycles. The highest BCUT2D eigenvalue weighted by Crippen LogP contribution is 2.36. The topological polar surface area (TPSA) is 101 Å². The van der Waals surface area contributed by atoms with Crippen LogP contribution < -0.4 is 10.2 Å². The van der Waals surface area contributed by atoms with E-state index in [0.29, 0.717) is 21.0 Å². The smallest absolute Gasteiger partial charge is 0.240 e. The summed E-state index contributed by atoms with van der Waals surface area (Å²) in [5.74, 6) is 0.0783. The third-order valence-corrected chi connectivity index (χ3v) is 5.48. The molecule has 128 valence electrons. The lowest BCUT2D eigenvalue weighted by atomic mass is 10.4. The van der Waals surface area contributed by atoms with Gasteiger partial charge in [-0.25, -0.2) is 0 Å². The van der Waals surface area contributed by atoms with E-state index in [9.17, 15) is 9.59 Å². The molecule has 2 aromatic heterocycles. The number of nitrogens with one attached hydrogen (secondary N) is 1. The zero-order chi connectivity index (χ0) is 17.3. The molecule has 1 saturated carbocycles. The van der Waals surface area contributed by atoms with E-state index in [-0.39, 0.29) is 23.1 Å². The summed E-state index contributed by atoms with van der Waals surface area (Å²) < 4.78 is 5.62. The molecule has 8 nitrogen and oxygen atoms in total. The summed E-state index contributed by atoms with van der Waals surface area (Å²) >= 11 is 2.62. The van der Waals surface area contributed by atoms with Crippen molar-refractivity contribution in [2.45, 2.75) is 49.2 Å². The largest absolute Gasteiger partial charge is 0.338 e. The minimum Gasteiger partial charge on any atom is -0.338 e. The fourth-order valence-electron chi connectivity index (χ4n) is 2.08. The number of carbonyl (C=O) groups excluding carboxylic acids is 2. The molecule has 1 aliphatic rings. The Balaban J connectivity index is 1.61. The maximum absolute atomic E-state index is 12.2. The van der Waals surface area contributed by atoms with Crippen molar-refractivity contribution in [3.63, 3.8) is 0 Å². The quantitative estimate of drug-likeness (QED) is 0.618. The van der Waals surface area contributed by atoms with Gasteiger partial charge in [0.2, 0.25) is 22.8 Å². The molecule has 0 bridgehead atoms. The Morgan fingerprint density at radius 3 is 2.79 bits per heavy atom. The SMILES string of the molecule is CC(=O)N(c1nnc(SC(C)C(=O)Nc2cc(C)no2)s1)C1CC1. The van der Waals surface area contributed by atoms with Gasteiger partial charge < -0.3 is 4.52 Å². The van der Waals surface area contributed by atoms with E-state index in [4.69, 9.17) is 4.52 Å². The third kappa shape index (κ3) is 3.93. The summed E-state index contributed by atoms with van der Waals surface area (Å²) in [7, 11) is 0. The summed E-state index contributed by atoms with van der Waals surface area (Å²) in [6.45, 7) is 5.08. The number of aromatic nitrogens is 3. The molecule has 24 heavy (non-hydrogen) atoms. The molecule has 0 aromatic carbocycles. The number of aryl methyl sites for hydroxylation is 1. The molecule has 1 N–H and O–H groups in total. The van der Waals surface area contributed by atoms with Crippen LogP contribution in [0.3, 0.4) is 0 Å². The second kappa shape index (κ2) is 6.89. The summed E-state index contributed by atoms with van der Waals surface area (Å²) in [5.41, 5.74) is 0.698. The molecule has 2 aromatic rings. The van der Waals surface area contributed by atoms with Crippen LogP contribution in [0.25, 0.3) is 0 Å². The van der Waals surface area contributed by atoms with Crippen LogP contribution in [-0.2, 0) is 9.59 Å². The molecule has 0 saturated heterocycles. The Morgan fingerprint density at radius 2 is 2.21 bits per heavy atom. The first kappa shape index (κ1) is 16.9. The Bertz CT molecular complexity index is 755. The number of anilines is 2. The van der Waals surface area contributed by atoms with Gasteiger partial charge in [0.15, 0.2) is 4.34 Å². The zero-order valence-corrected chi connectivity index (χ0v) is 15.1. The van der Waals surface area contributed by atoms with Gasteiger partial charge in [0.1, 0.15) is 0 Å². The summed E-state index contributed by atoms with van der Waals surface area (Å²) in [5, 5.41) is 14.8. The lowest BCUT2D eigenvalue weighted by Gasteiger charge is -2.15. The van der Waals surface area contributed by atoms with Gasteiger partial charge in [-0.1, -0.05) is 28.3 Å². The highest BCUT2D eigenvalue weighted by atomic mass is 32.2. The first-order valence-corrected chi connectivity index (χ1v) is 9.18. The maximum atomic E-state index is 12.2. The molecule has 0 radical (unpaired) electrons. The fourth-order valence-corrected chi connectivity index (χ4v) is 4.18. The van der Waals surface area contributed by atoms with Crippen molar-refractivity contribution in [2.75, 3.05) is 10.2 Å². The van der Waals surface area contributed by atoms with E-state index < -0.39 is 0 Å². The van der Waals surface area contributed by atoms with Gasteiger partial charge in [-0.2, -0.15) is 0 Å². The number of rotatable bonds is 6. The van der Waals surface area contributed by atoms with Crippen molar-refractivity contribution in [1.29, 1.82) is 0 Å². The molecule has 2 amide bonds. The van der Waals surface area contributed by atoms with Gasteiger partial charge in [0, 0.05) is 19.0 Å². The molecule has 10 heteroatoms. The monoisotopic (exact) mass is 367 g/mol. The van der Waals surface area contributed by atoms with Gasteiger partial charge >= 0.3 is 0 Å². The van der Waals surface area contributed by atoms with Crippen molar-refractivity contribution in [1.82, 2.24) is 15.4 Å². The van der Waals surface area contributed by atoms with Gasteiger partial charge in [0.05, 0.1) is 10.9 Å². The van der Waals surface area contributed by atoms with E-state index in [1.807, 2.05) is 0 Å². The molecule has 2 heterocycles. The lowest BCUT2D eigenvalue weighted by Crippen LogP contribution is -2.30. The Kier molecular flexibility index (Phi) is 4.86. The van der Waals surface area contributed by atoms with Crippen LogP contribution in [0.15, 0.2) is 14.9 Å². The number of hydrogen-bond acceptors (Lipinski definition) is 8. The van der Waals surface area contributed by atoms with Gasteiger partial charge in [-0.05, 0) is 26.7 Å². The first-order valence-electron chi connectivity index (χ1n) is 7.48. The highest BCUT2D eigenvalue weighted by molar-refractivity contribution is 8.02. The molecular formula is C14H17N5O3S2. The maximum Gasteiger partial charge on any atom is 0.240 e. The van der Waals surface area contributed by atoms with E-state index in [0.717, 1.165) is 12.8 Å². The van der Waals surface area contributed by atoms with Crippen molar-refractivity contribution in [3.05, 3.63) is 11.8 Å². The second-order valence-corrected chi connectivity index (χ2v) is 8.10. The van der Waals surface area contributed by atoms with E-state index in [1.165, 1.54) is 30.0 Å². The molecule has 1 atom stereocenters. The number of amides is 2. The molecule has 1 fully saturated rings. The van der Waals surface area contributed by atoms with E-state index in [1.54, 1.807) is 24.8 Å². The Labute approximate surface area is 147 Å². The van der Waals surface area contributed by atoms with Crippen LogP contribution >= 0.6 is 23.1 Å². The van der Waals surface area contributed by atoms with Crippen molar-refractivity contribution in [3.8, 4) is 0 Å². The summed E-state index contributed by atoms with van der Waals surface area (Å²) in [6, 6.07) is 1.89. The third-order valence-electron chi connectivity index (χ3n) is 3.37. The Morgan fingerprint density at radius 1 is 1.46 bits per heavy atom. The molecule has 1 aliphatic carbocycles. The summed E-state index contributed by atoms with van der Waals surface area (Å²) in [4.78, 5) is 25.6. The van der Waals surface area contributed by atoms with Gasteiger partial charge in [-0.3, -0.25) is 19.8 Å². The number of carbonyl (C=O) groups is 2. The predicted octanol–water partition coefficient (Wildman–Crippen LogP) is 2.47. The van der Waals surface area contributed by atoms with E-state index >= 15 is 0 Å². The Hall–Kier alpha value is -1.94. The highest BCUT2D eigenvalue weighted by Gasteiger charge is 2.34. The van der Waals surface area contributed by atoms with Crippen LogP contribution in [0.5, 0.6) is 0 Å². The molecule has 1 unspecified atom stereocenters. The normalized spacial score (nSPS) is 15.1. The average molecular weight is 367 g/mol. The number of hydrogen-bond donors (Lipinski definition) is 1. The minimum absolute atomic E-state index is 0.0309. The standard InChI is InChI=1S/C14H17N5O3S2/c1-7-6-11(22-18-7)15-12(21)8(2)23-14-17-16-13(24-14)19(9(3)20)10-4-5-10/h6,8,10H,4-5H2,1-3H3,(H,15,21). The van der Waals surface area contributed by atoms with Crippen LogP contribution in [0.4, 0.5) is 11.0 Å². The average Bonchev–Trinajstić information content (AvgIpc) is 3.09.